The van der Waals surface area contributed by atoms with Crippen LogP contribution in [0.5, 0.6) is 0 Å². The molecular weight excluding hydrogens is 323 g/mol. The van der Waals surface area contributed by atoms with Crippen LogP contribution in [0, 0.1) is 0 Å². The third-order valence-electron chi connectivity index (χ3n) is 3.19. The number of carboxylic acid groups (broad SMARTS) is 1. The van der Waals surface area contributed by atoms with Crippen molar-refractivity contribution in [2.24, 2.45) is 4.99 Å². The minimum absolute atomic E-state index is 0. The van der Waals surface area contributed by atoms with Crippen LogP contribution in [-0.4, -0.2) is 59.8 Å². The van der Waals surface area contributed by atoms with Gasteiger partial charge in [-0.3, -0.25) is 9.79 Å². The van der Waals surface area contributed by atoms with Crippen LogP contribution in [0.15, 0.2) is 17.1 Å². The number of aliphatic carboxylic acids is 1. The van der Waals surface area contributed by atoms with Crippen LogP contribution in [0.1, 0.15) is 45.4 Å². The van der Waals surface area contributed by atoms with Crippen LogP contribution >= 0.6 is 0 Å². The summed E-state index contributed by atoms with van der Waals surface area (Å²) < 4.78 is 0. The predicted molar refractivity (Wildman–Crippen MR) is 86.0 cm³/mol. The molecule has 7 heteroatoms. The second-order valence-corrected chi connectivity index (χ2v) is 5.18. The van der Waals surface area contributed by atoms with Crippen molar-refractivity contribution in [1.82, 2.24) is 4.90 Å². The van der Waals surface area contributed by atoms with E-state index in [0.29, 0.717) is 32.6 Å². The number of carbonyl (C=O) groups is 1. The Morgan fingerprint density at radius 2 is 1.96 bits per heavy atom. The van der Waals surface area contributed by atoms with Gasteiger partial charge in [0.1, 0.15) is 0 Å². The Kier molecular flexibility index (Phi) is 20.6. The van der Waals surface area contributed by atoms with Gasteiger partial charge in [-0.2, -0.15) is 0 Å². The van der Waals surface area contributed by atoms with Gasteiger partial charge in [0.15, 0.2) is 0 Å². The van der Waals surface area contributed by atoms with E-state index in [1.807, 2.05) is 11.0 Å². The van der Waals surface area contributed by atoms with Gasteiger partial charge in [0.05, 0.1) is 13.0 Å². The van der Waals surface area contributed by atoms with Crippen LogP contribution in [0.2, 0.25) is 0 Å². The molecule has 0 saturated carbocycles. The molecular formula is C16H29KN2O4. The van der Waals surface area contributed by atoms with Crippen molar-refractivity contribution in [1.29, 1.82) is 0 Å². The first-order valence-corrected chi connectivity index (χ1v) is 8.03. The molecule has 0 fully saturated rings. The number of unbranched alkanes of at least 4 members (excludes halogenated alkanes) is 3. The van der Waals surface area contributed by atoms with Gasteiger partial charge in [-0.15, -0.1) is 0 Å². The average molecular weight is 353 g/mol. The molecule has 0 spiro atoms. The molecule has 0 aliphatic carbocycles. The summed E-state index contributed by atoms with van der Waals surface area (Å²) in [5.41, 5.74) is 0. The van der Waals surface area contributed by atoms with Crippen LogP contribution < -0.4 is 56.5 Å². The maximum atomic E-state index is 11.5. The summed E-state index contributed by atoms with van der Waals surface area (Å²) in [6, 6.07) is 0. The van der Waals surface area contributed by atoms with Crippen LogP contribution in [-0.2, 0) is 4.79 Å². The first-order valence-electron chi connectivity index (χ1n) is 8.03. The molecule has 0 bridgehead atoms. The van der Waals surface area contributed by atoms with Crippen molar-refractivity contribution in [2.75, 3.05) is 32.8 Å². The molecule has 0 rings (SSSR count). The molecule has 0 aliphatic rings. The van der Waals surface area contributed by atoms with Gasteiger partial charge in [0.2, 0.25) is 0 Å². The van der Waals surface area contributed by atoms with E-state index < -0.39 is 5.97 Å². The number of allylic oxidation sites excluding steroid dienone is 1. The summed E-state index contributed by atoms with van der Waals surface area (Å²) in [5.74, 6) is -1.09. The van der Waals surface area contributed by atoms with E-state index >= 15 is 0 Å². The molecule has 0 atom stereocenters. The molecule has 6 nitrogen and oxygen atoms in total. The fourth-order valence-electron chi connectivity index (χ4n) is 1.93. The summed E-state index contributed by atoms with van der Waals surface area (Å²) >= 11 is 0. The zero-order valence-corrected chi connectivity index (χ0v) is 17.7. The SMILES string of the molecule is CCCCC/C=C/C([O-])=NCCN(CCCO)CCC(=O)O.[K+]. The Hall–Kier alpha value is 0.236. The van der Waals surface area contributed by atoms with E-state index in [-0.39, 0.29) is 70.3 Å². The molecule has 2 N–H and O–H groups in total. The summed E-state index contributed by atoms with van der Waals surface area (Å²) in [7, 11) is 0. The zero-order chi connectivity index (χ0) is 16.6. The zero-order valence-electron chi connectivity index (χ0n) is 14.5. The first kappa shape index (κ1) is 25.5. The number of hydrogen-bond acceptors (Lipinski definition) is 5. The van der Waals surface area contributed by atoms with Gasteiger partial charge >= 0.3 is 57.4 Å². The molecule has 0 aromatic carbocycles. The topological polar surface area (TPSA) is 96.2 Å². The Morgan fingerprint density at radius 3 is 2.57 bits per heavy atom. The third-order valence-corrected chi connectivity index (χ3v) is 3.19. The Bertz CT molecular complexity index is 349. The van der Waals surface area contributed by atoms with E-state index in [1.54, 1.807) is 0 Å². The summed E-state index contributed by atoms with van der Waals surface area (Å²) in [4.78, 5) is 16.4. The number of hydrogen-bond donors (Lipinski definition) is 2. The van der Waals surface area contributed by atoms with E-state index in [2.05, 4.69) is 11.9 Å². The summed E-state index contributed by atoms with van der Waals surface area (Å²) in [6.07, 6.45) is 8.31. The van der Waals surface area contributed by atoms with Crippen molar-refractivity contribution in [3.63, 3.8) is 0 Å². The fraction of sp³-hybridized carbons (Fsp3) is 0.750. The van der Waals surface area contributed by atoms with E-state index in [9.17, 15) is 9.90 Å². The number of nitrogens with zero attached hydrogens (tertiary/aromatic N) is 2. The Labute approximate surface area is 182 Å². The normalized spacial score (nSPS) is 11.9. The van der Waals surface area contributed by atoms with Gasteiger partial charge in [-0.1, -0.05) is 31.9 Å². The molecule has 0 radical (unpaired) electrons. The number of aliphatic hydroxyl groups is 1. The molecule has 128 valence electrons. The second kappa shape index (κ2) is 18.6. The van der Waals surface area contributed by atoms with Crippen molar-refractivity contribution in [3.05, 3.63) is 12.2 Å². The number of carboxylic acids is 1. The maximum absolute atomic E-state index is 11.5. The number of aliphatic imine (C=N–C) groups is 1. The third kappa shape index (κ3) is 18.4. The minimum atomic E-state index is -0.850. The Balaban J connectivity index is 0. The number of aliphatic hydroxyl groups excluding tert-OH is 1. The standard InChI is InChI=1S/C16H30N2O4.K/c1-2-3-4-5-6-8-15(20)17-10-13-18(11-7-14-19)12-9-16(21)22;/h6,8,19H,2-5,7,9-14H2,1H3,(H,17,20)(H,21,22);/q;+1/p-1/b8-6+;. The molecule has 0 saturated heterocycles. The van der Waals surface area contributed by atoms with E-state index in [1.165, 1.54) is 12.5 Å². The molecule has 0 heterocycles. The molecule has 23 heavy (non-hydrogen) atoms. The van der Waals surface area contributed by atoms with Gasteiger partial charge in [0.25, 0.3) is 0 Å². The quantitative estimate of drug-likeness (QED) is 0.164. The molecule has 0 aromatic rings. The smallest absolute Gasteiger partial charge is 0.859 e. The Morgan fingerprint density at radius 1 is 1.22 bits per heavy atom. The largest absolute Gasteiger partial charge is 1.00 e. The van der Waals surface area contributed by atoms with Crippen LogP contribution in [0.25, 0.3) is 0 Å². The van der Waals surface area contributed by atoms with Crippen molar-refractivity contribution in [2.45, 2.75) is 45.4 Å². The van der Waals surface area contributed by atoms with Crippen molar-refractivity contribution < 1.29 is 71.5 Å². The van der Waals surface area contributed by atoms with Gasteiger partial charge in [0, 0.05) is 26.2 Å². The van der Waals surface area contributed by atoms with Gasteiger partial charge in [-0.25, -0.2) is 0 Å². The number of rotatable bonds is 14. The average Bonchev–Trinajstić information content (AvgIpc) is 2.49. The van der Waals surface area contributed by atoms with E-state index in [4.69, 9.17) is 10.2 Å². The monoisotopic (exact) mass is 352 g/mol. The minimum Gasteiger partial charge on any atom is -0.859 e. The van der Waals surface area contributed by atoms with Gasteiger partial charge in [-0.05, 0) is 25.2 Å². The summed E-state index contributed by atoms with van der Waals surface area (Å²) in [6.45, 7) is 4.11. The molecule has 0 amide bonds. The van der Waals surface area contributed by atoms with Crippen LogP contribution in [0.3, 0.4) is 0 Å². The molecule has 0 aliphatic heterocycles. The van der Waals surface area contributed by atoms with E-state index in [0.717, 1.165) is 19.3 Å². The first-order chi connectivity index (χ1) is 10.6. The molecule has 0 aromatic heterocycles. The van der Waals surface area contributed by atoms with Gasteiger partial charge < -0.3 is 20.2 Å². The van der Waals surface area contributed by atoms with Crippen molar-refractivity contribution >= 4 is 11.9 Å². The molecule has 0 unspecified atom stereocenters. The fourth-order valence-corrected chi connectivity index (χ4v) is 1.93. The predicted octanol–water partition coefficient (Wildman–Crippen LogP) is -1.96. The maximum Gasteiger partial charge on any atom is 1.00 e. The summed E-state index contributed by atoms with van der Waals surface area (Å²) in [5, 5.41) is 29.1. The van der Waals surface area contributed by atoms with Crippen molar-refractivity contribution in [3.8, 4) is 0 Å². The van der Waals surface area contributed by atoms with Crippen LogP contribution in [0.4, 0.5) is 0 Å². The second-order valence-electron chi connectivity index (χ2n) is 5.18.